The number of hydrogen-bond donors (Lipinski definition) is 13. The van der Waals surface area contributed by atoms with Crippen LogP contribution in [0.25, 0.3) is 22.4 Å². The molecule has 0 amide bonds. The largest absolute Gasteiger partial charge is 0.487 e. The summed E-state index contributed by atoms with van der Waals surface area (Å²) in [7, 11) is 2.17. The van der Waals surface area contributed by atoms with Crippen molar-refractivity contribution in [3.63, 3.8) is 0 Å². The molecular formula is C60H93N19O13. The Morgan fingerprint density at radius 1 is 0.554 bits per heavy atom. The number of benzene rings is 2. The summed E-state index contributed by atoms with van der Waals surface area (Å²) >= 11 is 0. The zero-order valence-electron chi connectivity index (χ0n) is 52.0. The second-order valence-corrected chi connectivity index (χ2v) is 25.2. The van der Waals surface area contributed by atoms with Crippen molar-refractivity contribution in [1.82, 2.24) is 59.8 Å². The van der Waals surface area contributed by atoms with Crippen LogP contribution >= 0.6 is 0 Å². The second kappa shape index (κ2) is 31.2. The smallest absolute Gasteiger partial charge is 0.187 e. The molecule has 1 saturated carbocycles. The monoisotopic (exact) mass is 1290 g/mol. The predicted molar refractivity (Wildman–Crippen MR) is 331 cm³/mol. The standard InChI is InChI=1S/C60H93N19O13/c1-75-20-22-76(23-21-75)37-14-17-41-42(24-37)68-57(67-41)33-12-15-38(16-13-33)86-32-36-30-78(73-71-36)19-9-5-3-2-4-8-18-77-28-34(69-72-77)10-6-7-11-35-29-79(74-70-35)31-45-55(91-59-47(66)52(84)50(82)44(27-62)88-59)53(85)60(89-45)92-56-48(80)39(63)25-40(64)54(56)90-58-46(65)51(83)49(81)43(26-61)87-58/h12-17,24,28-30,39-40,43-56,58-60,80-85H,2-11,18-23,25-27,31-32,61-66H2,1H3,(H,67,68)/t39-,40?,43?,44+,45-,46?,47?,48?,49-,50-,51-,52?,53+,54-,55+,56-,58-,59-,60?/m1/s1. The molecule has 32 heteroatoms. The number of nitrogens with one attached hydrogen (secondary N) is 1. The SMILES string of the molecule is CN1CCN(c2ccc3nc(-c4ccc(OCc5cn(CCCCCCCCn6cc(CCCCc7cn(C[C@H]8OC(O[C@@H]9C(O)[C@H](N)CC(N)[C@H]9O[C@H]9OC(CN)[C@@H](O)[C@H](O)C9N)[C@@H](O)[C@H]8O[C@H]8O[C@@H](CN)[C@@H](O)C(O)C8N)nn7)nn6)nn5)cc4)[nH]c3c2)CC1. The summed E-state index contributed by atoms with van der Waals surface area (Å²) in [6, 6.07) is 10.1. The quantitative estimate of drug-likeness (QED) is 0.0209. The minimum Gasteiger partial charge on any atom is -0.487 e. The van der Waals surface area contributed by atoms with Gasteiger partial charge in [-0.05, 0) is 94.5 Å². The number of hydrogen-bond acceptors (Lipinski definition) is 28. The first-order valence-corrected chi connectivity index (χ1v) is 32.3. The highest BCUT2D eigenvalue weighted by molar-refractivity contribution is 5.83. The number of aromatic nitrogens is 11. The third kappa shape index (κ3) is 16.3. The molecule has 11 rings (SSSR count). The summed E-state index contributed by atoms with van der Waals surface area (Å²) in [6.07, 6.45) is -4.83. The number of aliphatic hydroxyl groups excluding tert-OH is 6. The Balaban J connectivity index is 0.587. The first-order chi connectivity index (χ1) is 44.5. The molecule has 2 aromatic carbocycles. The number of aryl methyl sites for hydroxylation is 4. The van der Waals surface area contributed by atoms with Gasteiger partial charge in [0.15, 0.2) is 18.9 Å². The van der Waals surface area contributed by atoms with E-state index < -0.39 is 116 Å². The highest BCUT2D eigenvalue weighted by atomic mass is 16.8. The molecule has 0 bridgehead atoms. The first-order valence-electron chi connectivity index (χ1n) is 32.3. The average molecular weight is 1290 g/mol. The Morgan fingerprint density at radius 2 is 1.10 bits per heavy atom. The van der Waals surface area contributed by atoms with Crippen LogP contribution in [0.15, 0.2) is 61.1 Å². The highest BCUT2D eigenvalue weighted by Crippen LogP contribution is 2.36. The van der Waals surface area contributed by atoms with E-state index in [0.717, 1.165) is 137 Å². The van der Waals surface area contributed by atoms with E-state index in [4.69, 9.17) is 72.5 Å². The summed E-state index contributed by atoms with van der Waals surface area (Å²) < 4.78 is 48.3. The van der Waals surface area contributed by atoms with E-state index in [1.54, 1.807) is 6.20 Å². The average Bonchev–Trinajstić information content (AvgIpc) is 1.79. The number of fused-ring (bicyclic) bond motifs is 1. The molecule has 506 valence electrons. The van der Waals surface area contributed by atoms with Gasteiger partial charge in [0.25, 0.3) is 0 Å². The normalized spacial score (nSPS) is 32.3. The molecule has 4 aromatic heterocycles. The summed E-state index contributed by atoms with van der Waals surface area (Å²) in [6.45, 7) is 5.70. The summed E-state index contributed by atoms with van der Waals surface area (Å²) in [5.41, 5.74) is 43.6. The van der Waals surface area contributed by atoms with Crippen LogP contribution < -0.4 is 44.0 Å². The van der Waals surface area contributed by atoms with Gasteiger partial charge in [-0.25, -0.2) is 9.67 Å². The lowest BCUT2D eigenvalue weighted by molar-refractivity contribution is -0.306. The number of piperazine rings is 1. The van der Waals surface area contributed by atoms with Crippen LogP contribution in [0.1, 0.15) is 74.9 Å². The maximum Gasteiger partial charge on any atom is 0.187 e. The van der Waals surface area contributed by atoms with Crippen molar-refractivity contribution in [2.24, 2.45) is 34.4 Å². The third-order valence-electron chi connectivity index (χ3n) is 18.3. The topological polar surface area (TPSA) is 469 Å². The van der Waals surface area contributed by atoms with E-state index in [2.05, 4.69) is 71.0 Å². The Bertz CT molecular complexity index is 3220. The fourth-order valence-electron chi connectivity index (χ4n) is 12.7. The maximum atomic E-state index is 12.0. The molecule has 8 heterocycles. The van der Waals surface area contributed by atoms with Crippen molar-refractivity contribution in [3.05, 3.63) is 78.1 Å². The molecule has 6 aromatic rings. The fraction of sp³-hybridized carbons (Fsp3) is 0.683. The molecule has 4 aliphatic heterocycles. The molecule has 4 saturated heterocycles. The number of imidazole rings is 1. The van der Waals surface area contributed by atoms with Crippen molar-refractivity contribution in [2.45, 2.75) is 213 Å². The van der Waals surface area contributed by atoms with Gasteiger partial charge in [-0.3, -0.25) is 9.36 Å². The van der Waals surface area contributed by atoms with Crippen LogP contribution in [0.2, 0.25) is 0 Å². The number of rotatable bonds is 29. The molecule has 19 atom stereocenters. The molecule has 7 unspecified atom stereocenters. The number of likely N-dealkylation sites (N-methyl/N-ethyl adjacent to an activating group) is 1. The van der Waals surface area contributed by atoms with Gasteiger partial charge in [0, 0.05) is 88.1 Å². The number of nitrogens with zero attached hydrogens (tertiary/aromatic N) is 12. The molecule has 19 N–H and O–H groups in total. The lowest BCUT2D eigenvalue weighted by Gasteiger charge is -2.47. The minimum atomic E-state index is -1.61. The Hall–Kier alpha value is -5.83. The number of H-pyrrole nitrogens is 1. The molecule has 0 spiro atoms. The zero-order valence-corrected chi connectivity index (χ0v) is 52.0. The van der Waals surface area contributed by atoms with E-state index in [1.807, 2.05) is 46.0 Å². The minimum absolute atomic E-state index is 0.0332. The van der Waals surface area contributed by atoms with Crippen molar-refractivity contribution in [2.75, 3.05) is 51.2 Å². The van der Waals surface area contributed by atoms with Crippen molar-refractivity contribution in [1.29, 1.82) is 0 Å². The van der Waals surface area contributed by atoms with Gasteiger partial charge in [0.1, 0.15) is 91.0 Å². The lowest BCUT2D eigenvalue weighted by Crippen LogP contribution is -2.68. The number of aromatic amines is 1. The molecule has 5 aliphatic rings. The Labute approximate surface area is 532 Å². The van der Waals surface area contributed by atoms with Gasteiger partial charge in [0.05, 0.1) is 53.4 Å². The zero-order chi connectivity index (χ0) is 64.6. The van der Waals surface area contributed by atoms with E-state index in [1.165, 1.54) is 10.4 Å². The summed E-state index contributed by atoms with van der Waals surface area (Å²) in [5.74, 6) is 1.58. The number of nitrogens with two attached hydrogens (primary N) is 6. The van der Waals surface area contributed by atoms with E-state index in [0.29, 0.717) is 18.7 Å². The van der Waals surface area contributed by atoms with Crippen molar-refractivity contribution in [3.8, 4) is 17.1 Å². The number of ether oxygens (including phenoxy) is 7. The van der Waals surface area contributed by atoms with Gasteiger partial charge >= 0.3 is 0 Å². The highest BCUT2D eigenvalue weighted by Gasteiger charge is 2.55. The fourth-order valence-corrected chi connectivity index (χ4v) is 12.7. The van der Waals surface area contributed by atoms with Crippen LogP contribution in [0, 0.1) is 0 Å². The van der Waals surface area contributed by atoms with Gasteiger partial charge in [-0.2, -0.15) is 0 Å². The van der Waals surface area contributed by atoms with Crippen LogP contribution in [0.3, 0.4) is 0 Å². The Morgan fingerprint density at radius 3 is 1.72 bits per heavy atom. The predicted octanol–water partition coefficient (Wildman–Crippen LogP) is -2.93. The van der Waals surface area contributed by atoms with Crippen molar-refractivity contribution >= 4 is 16.7 Å². The van der Waals surface area contributed by atoms with Crippen LogP contribution in [0.4, 0.5) is 5.69 Å². The molecule has 5 fully saturated rings. The van der Waals surface area contributed by atoms with Gasteiger partial charge in [-0.1, -0.05) is 41.3 Å². The van der Waals surface area contributed by atoms with E-state index >= 15 is 0 Å². The van der Waals surface area contributed by atoms with Crippen LogP contribution in [0.5, 0.6) is 5.75 Å². The third-order valence-corrected chi connectivity index (χ3v) is 18.3. The number of aliphatic hydroxyl groups is 6. The molecular weight excluding hydrogens is 1190 g/mol. The lowest BCUT2D eigenvalue weighted by atomic mass is 9.84. The van der Waals surface area contributed by atoms with Gasteiger partial charge in [-0.15, -0.1) is 15.3 Å². The Kier molecular flexibility index (Phi) is 22.9. The van der Waals surface area contributed by atoms with E-state index in [-0.39, 0.29) is 26.1 Å². The molecule has 0 radical (unpaired) electrons. The first kappa shape index (κ1) is 67.6. The summed E-state index contributed by atoms with van der Waals surface area (Å²) in [4.78, 5) is 13.1. The van der Waals surface area contributed by atoms with Gasteiger partial charge in [0.2, 0.25) is 0 Å². The number of unbranched alkanes of at least 4 members (excludes halogenated alkanes) is 6. The van der Waals surface area contributed by atoms with Crippen LogP contribution in [-0.2, 0) is 67.5 Å². The summed E-state index contributed by atoms with van der Waals surface area (Å²) in [5, 5.41) is 92.1. The maximum absolute atomic E-state index is 12.0. The van der Waals surface area contributed by atoms with E-state index in [9.17, 15) is 30.6 Å². The molecule has 1 aliphatic carbocycles. The van der Waals surface area contributed by atoms with Crippen LogP contribution in [-0.4, -0.2) is 253 Å². The van der Waals surface area contributed by atoms with Crippen molar-refractivity contribution < 1.29 is 63.8 Å². The van der Waals surface area contributed by atoms with Gasteiger partial charge < -0.3 is 113 Å². The molecule has 32 nitrogen and oxygen atoms in total. The molecule has 92 heavy (non-hydrogen) atoms. The number of anilines is 1. The second-order valence-electron chi connectivity index (χ2n) is 25.2.